The van der Waals surface area contributed by atoms with Gasteiger partial charge in [-0.25, -0.2) is 0 Å². The molecule has 2 aromatic carbocycles. The minimum atomic E-state index is 0.657. The third kappa shape index (κ3) is 3.45. The summed E-state index contributed by atoms with van der Waals surface area (Å²) < 4.78 is 5.63. The average molecular weight is 306 g/mol. The summed E-state index contributed by atoms with van der Waals surface area (Å²) >= 11 is 0. The lowest BCUT2D eigenvalue weighted by Crippen LogP contribution is -1.97. The van der Waals surface area contributed by atoms with E-state index < -0.39 is 0 Å². The van der Waals surface area contributed by atoms with Crippen LogP contribution < -0.4 is 10.1 Å². The molecule has 0 saturated carbocycles. The van der Waals surface area contributed by atoms with E-state index in [0.29, 0.717) is 6.61 Å². The summed E-state index contributed by atoms with van der Waals surface area (Å²) in [6.45, 7) is 8.89. The number of fused-ring (bicyclic) bond motifs is 1. The van der Waals surface area contributed by atoms with Crippen LogP contribution in [0.2, 0.25) is 0 Å². The topological polar surface area (TPSA) is 34.1 Å². The highest BCUT2D eigenvalue weighted by atomic mass is 16.5. The first-order valence-corrected chi connectivity index (χ1v) is 7.94. The Morgan fingerprint density at radius 3 is 2.39 bits per heavy atom. The molecule has 0 saturated heterocycles. The molecule has 0 aliphatic carbocycles. The van der Waals surface area contributed by atoms with Crippen molar-refractivity contribution in [2.75, 3.05) is 11.9 Å². The number of rotatable bonds is 4. The van der Waals surface area contributed by atoms with Crippen LogP contribution in [0.25, 0.3) is 10.9 Å². The van der Waals surface area contributed by atoms with Gasteiger partial charge in [-0.05, 0) is 75.2 Å². The predicted molar refractivity (Wildman–Crippen MR) is 96.8 cm³/mol. The maximum Gasteiger partial charge on any atom is 0.120 e. The van der Waals surface area contributed by atoms with Gasteiger partial charge in [0.15, 0.2) is 0 Å². The number of benzene rings is 2. The molecule has 0 amide bonds. The van der Waals surface area contributed by atoms with Crippen LogP contribution in [0.1, 0.15) is 23.7 Å². The molecule has 0 fully saturated rings. The largest absolute Gasteiger partial charge is 0.494 e. The number of hydrogen-bond donors (Lipinski definition) is 1. The number of nitrogens with zero attached hydrogens (tertiary/aromatic N) is 1. The summed E-state index contributed by atoms with van der Waals surface area (Å²) in [6.07, 6.45) is 0. The number of ether oxygens (including phenoxy) is 1. The van der Waals surface area contributed by atoms with Gasteiger partial charge in [-0.15, -0.1) is 0 Å². The van der Waals surface area contributed by atoms with E-state index in [1.165, 1.54) is 11.1 Å². The quantitative estimate of drug-likeness (QED) is 0.710. The summed E-state index contributed by atoms with van der Waals surface area (Å²) in [5, 5.41) is 4.61. The van der Waals surface area contributed by atoms with E-state index in [0.717, 1.165) is 33.7 Å². The van der Waals surface area contributed by atoms with Crippen molar-refractivity contribution < 1.29 is 4.74 Å². The number of anilines is 2. The summed E-state index contributed by atoms with van der Waals surface area (Å²) in [7, 11) is 0. The molecule has 0 spiro atoms. The smallest absolute Gasteiger partial charge is 0.120 e. The minimum Gasteiger partial charge on any atom is -0.494 e. The molecule has 23 heavy (non-hydrogen) atoms. The van der Waals surface area contributed by atoms with Crippen molar-refractivity contribution in [3.63, 3.8) is 0 Å². The van der Waals surface area contributed by atoms with Gasteiger partial charge in [0.05, 0.1) is 12.1 Å². The van der Waals surface area contributed by atoms with Crippen LogP contribution in [0.4, 0.5) is 11.4 Å². The van der Waals surface area contributed by atoms with Crippen molar-refractivity contribution in [2.24, 2.45) is 0 Å². The fourth-order valence-electron chi connectivity index (χ4n) is 2.90. The molecule has 1 aromatic heterocycles. The maximum atomic E-state index is 5.63. The highest BCUT2D eigenvalue weighted by Gasteiger charge is 2.07. The molecular formula is C20H22N2O. The molecule has 3 heteroatoms. The second-order valence-corrected chi connectivity index (χ2v) is 5.92. The lowest BCUT2D eigenvalue weighted by molar-refractivity contribution is 0.340. The lowest BCUT2D eigenvalue weighted by atomic mass is 10.1. The van der Waals surface area contributed by atoms with Gasteiger partial charge in [-0.3, -0.25) is 4.98 Å². The van der Waals surface area contributed by atoms with E-state index >= 15 is 0 Å². The van der Waals surface area contributed by atoms with Crippen molar-refractivity contribution in [1.82, 2.24) is 4.98 Å². The normalized spacial score (nSPS) is 10.8. The lowest BCUT2D eigenvalue weighted by Gasteiger charge is -2.13. The van der Waals surface area contributed by atoms with Gasteiger partial charge >= 0.3 is 0 Å². The number of hydrogen-bond acceptors (Lipinski definition) is 3. The number of aromatic nitrogens is 1. The van der Waals surface area contributed by atoms with E-state index in [1.807, 2.05) is 26.0 Å². The zero-order chi connectivity index (χ0) is 16.4. The van der Waals surface area contributed by atoms with Gasteiger partial charge in [0.25, 0.3) is 0 Å². The number of nitrogens with one attached hydrogen (secondary N) is 1. The minimum absolute atomic E-state index is 0.657. The van der Waals surface area contributed by atoms with Crippen molar-refractivity contribution in [3.8, 4) is 5.75 Å². The van der Waals surface area contributed by atoms with Crippen LogP contribution in [0.3, 0.4) is 0 Å². The molecule has 3 aromatic rings. The van der Waals surface area contributed by atoms with E-state index in [4.69, 9.17) is 4.74 Å². The Morgan fingerprint density at radius 2 is 1.70 bits per heavy atom. The standard InChI is InChI=1S/C20H22N2O/c1-5-23-17-6-7-19-18(12-17)20(11-15(4)21-19)22-16-9-13(2)8-14(3)10-16/h6-12H,5H2,1-4H3,(H,21,22). The molecule has 0 bridgehead atoms. The Kier molecular flexibility index (Phi) is 4.20. The number of pyridine rings is 1. The van der Waals surface area contributed by atoms with Crippen LogP contribution in [0.15, 0.2) is 42.5 Å². The van der Waals surface area contributed by atoms with E-state index in [9.17, 15) is 0 Å². The second kappa shape index (κ2) is 6.29. The monoisotopic (exact) mass is 306 g/mol. The summed E-state index contributed by atoms with van der Waals surface area (Å²) in [6, 6.07) is 14.6. The first-order chi connectivity index (χ1) is 11.0. The second-order valence-electron chi connectivity index (χ2n) is 5.92. The molecule has 0 radical (unpaired) electrons. The van der Waals surface area contributed by atoms with Crippen molar-refractivity contribution in [3.05, 3.63) is 59.3 Å². The molecule has 1 N–H and O–H groups in total. The Bertz CT molecular complexity index is 835. The molecular weight excluding hydrogens is 284 g/mol. The first kappa shape index (κ1) is 15.3. The average Bonchev–Trinajstić information content (AvgIpc) is 2.47. The third-order valence-corrected chi connectivity index (χ3v) is 3.72. The van der Waals surface area contributed by atoms with Gasteiger partial charge in [-0.2, -0.15) is 0 Å². The number of aryl methyl sites for hydroxylation is 3. The van der Waals surface area contributed by atoms with Crippen LogP contribution in [0, 0.1) is 20.8 Å². The molecule has 3 nitrogen and oxygen atoms in total. The van der Waals surface area contributed by atoms with Crippen LogP contribution in [-0.2, 0) is 0 Å². The van der Waals surface area contributed by atoms with E-state index in [2.05, 4.69) is 54.5 Å². The fraction of sp³-hybridized carbons (Fsp3) is 0.250. The van der Waals surface area contributed by atoms with Crippen molar-refractivity contribution in [2.45, 2.75) is 27.7 Å². The molecule has 118 valence electrons. The fourth-order valence-corrected chi connectivity index (χ4v) is 2.90. The molecule has 0 unspecified atom stereocenters. The van der Waals surface area contributed by atoms with Gasteiger partial charge in [0.1, 0.15) is 5.75 Å². The van der Waals surface area contributed by atoms with E-state index in [1.54, 1.807) is 0 Å². The molecule has 0 aliphatic heterocycles. The highest BCUT2D eigenvalue weighted by molar-refractivity contribution is 5.94. The van der Waals surface area contributed by atoms with Crippen LogP contribution >= 0.6 is 0 Å². The Balaban J connectivity index is 2.09. The van der Waals surface area contributed by atoms with Gasteiger partial charge in [0.2, 0.25) is 0 Å². The SMILES string of the molecule is CCOc1ccc2nc(C)cc(Nc3cc(C)cc(C)c3)c2c1. The van der Waals surface area contributed by atoms with Crippen molar-refractivity contribution >= 4 is 22.3 Å². The molecule has 1 heterocycles. The molecule has 0 atom stereocenters. The van der Waals surface area contributed by atoms with Gasteiger partial charge < -0.3 is 10.1 Å². The summed E-state index contributed by atoms with van der Waals surface area (Å²) in [5.74, 6) is 0.870. The zero-order valence-electron chi connectivity index (χ0n) is 14.1. The summed E-state index contributed by atoms with van der Waals surface area (Å²) in [5.41, 5.74) is 6.61. The Morgan fingerprint density at radius 1 is 0.957 bits per heavy atom. The zero-order valence-corrected chi connectivity index (χ0v) is 14.1. The van der Waals surface area contributed by atoms with Gasteiger partial charge in [-0.1, -0.05) is 6.07 Å². The maximum absolute atomic E-state index is 5.63. The Hall–Kier alpha value is -2.55. The van der Waals surface area contributed by atoms with Crippen LogP contribution in [0.5, 0.6) is 5.75 Å². The predicted octanol–water partition coefficient (Wildman–Crippen LogP) is 5.30. The van der Waals surface area contributed by atoms with Gasteiger partial charge in [0, 0.05) is 22.5 Å². The summed E-state index contributed by atoms with van der Waals surface area (Å²) in [4.78, 5) is 4.62. The first-order valence-electron chi connectivity index (χ1n) is 7.94. The van der Waals surface area contributed by atoms with Crippen LogP contribution in [-0.4, -0.2) is 11.6 Å². The van der Waals surface area contributed by atoms with Crippen molar-refractivity contribution in [1.29, 1.82) is 0 Å². The van der Waals surface area contributed by atoms with E-state index in [-0.39, 0.29) is 0 Å². The third-order valence-electron chi connectivity index (χ3n) is 3.72. The Labute approximate surface area is 137 Å². The highest BCUT2D eigenvalue weighted by Crippen LogP contribution is 2.30. The molecule has 0 aliphatic rings. The molecule has 3 rings (SSSR count).